The number of allylic oxidation sites excluding steroid dienone is 1. The molecule has 0 aliphatic heterocycles. The summed E-state index contributed by atoms with van der Waals surface area (Å²) >= 11 is 0. The fourth-order valence-corrected chi connectivity index (χ4v) is 4.24. The van der Waals surface area contributed by atoms with Crippen molar-refractivity contribution in [1.29, 1.82) is 0 Å². The van der Waals surface area contributed by atoms with Crippen LogP contribution in [0.2, 0.25) is 0 Å². The maximum absolute atomic E-state index is 12.3. The lowest BCUT2D eigenvalue weighted by atomic mass is 9.80. The summed E-state index contributed by atoms with van der Waals surface area (Å²) in [6.45, 7) is 4.08. The van der Waals surface area contributed by atoms with Crippen molar-refractivity contribution in [2.24, 2.45) is 11.8 Å². The Balaban J connectivity index is 2.01. The van der Waals surface area contributed by atoms with Crippen LogP contribution in [0.15, 0.2) is 104 Å². The van der Waals surface area contributed by atoms with E-state index >= 15 is 0 Å². The maximum Gasteiger partial charge on any atom is 0.320 e. The van der Waals surface area contributed by atoms with E-state index in [2.05, 4.69) is 6.58 Å². The summed E-state index contributed by atoms with van der Waals surface area (Å²) in [6.07, 6.45) is 1.95. The molecule has 3 aromatic rings. The molecule has 0 saturated carbocycles. The molecule has 0 unspecified atom stereocenters. The first-order valence-corrected chi connectivity index (χ1v) is 11.2. The van der Waals surface area contributed by atoms with Crippen molar-refractivity contribution in [3.63, 3.8) is 0 Å². The Morgan fingerprint density at radius 2 is 1.15 bits per heavy atom. The summed E-state index contributed by atoms with van der Waals surface area (Å²) in [5, 5.41) is 0. The van der Waals surface area contributed by atoms with Crippen molar-refractivity contribution in [3.8, 4) is 0 Å². The van der Waals surface area contributed by atoms with Gasteiger partial charge in [0.15, 0.2) is 5.92 Å². The van der Waals surface area contributed by atoms with Gasteiger partial charge in [0.2, 0.25) is 0 Å². The van der Waals surface area contributed by atoms with Crippen LogP contribution in [0.5, 0.6) is 0 Å². The summed E-state index contributed by atoms with van der Waals surface area (Å²) in [5.74, 6) is -2.93. The SMILES string of the molecule is C=C[C@@H](CCOC(c1ccccc1)(c1ccccc1)c1ccccc1)C(C(=O)OC)C(=O)OC. The third kappa shape index (κ3) is 5.26. The molecule has 34 heavy (non-hydrogen) atoms. The van der Waals surface area contributed by atoms with E-state index in [-0.39, 0.29) is 6.61 Å². The Labute approximate surface area is 201 Å². The van der Waals surface area contributed by atoms with E-state index in [0.717, 1.165) is 16.7 Å². The lowest BCUT2D eigenvalue weighted by Crippen LogP contribution is -2.36. The summed E-state index contributed by atoms with van der Waals surface area (Å²) in [5.41, 5.74) is 2.03. The first kappa shape index (κ1) is 24.9. The Bertz CT molecular complexity index is 951. The van der Waals surface area contributed by atoms with Crippen LogP contribution in [0.1, 0.15) is 23.1 Å². The van der Waals surface area contributed by atoms with Crippen LogP contribution in [0, 0.1) is 11.8 Å². The van der Waals surface area contributed by atoms with Gasteiger partial charge in [-0.25, -0.2) is 0 Å². The van der Waals surface area contributed by atoms with Crippen LogP contribution in [-0.2, 0) is 29.4 Å². The normalized spacial score (nSPS) is 12.1. The van der Waals surface area contributed by atoms with Crippen LogP contribution >= 0.6 is 0 Å². The van der Waals surface area contributed by atoms with E-state index in [1.165, 1.54) is 14.2 Å². The predicted molar refractivity (Wildman–Crippen MR) is 131 cm³/mol. The highest BCUT2D eigenvalue weighted by Crippen LogP contribution is 2.40. The fourth-order valence-electron chi connectivity index (χ4n) is 4.24. The largest absolute Gasteiger partial charge is 0.468 e. The van der Waals surface area contributed by atoms with Crippen LogP contribution in [0.25, 0.3) is 0 Å². The molecular weight excluding hydrogens is 428 g/mol. The molecule has 0 aliphatic rings. The van der Waals surface area contributed by atoms with Gasteiger partial charge in [-0.3, -0.25) is 9.59 Å². The summed E-state index contributed by atoms with van der Waals surface area (Å²) < 4.78 is 16.4. The average Bonchev–Trinajstić information content (AvgIpc) is 2.91. The summed E-state index contributed by atoms with van der Waals surface area (Å²) in [7, 11) is 2.50. The number of esters is 2. The van der Waals surface area contributed by atoms with Crippen molar-refractivity contribution in [1.82, 2.24) is 0 Å². The quantitative estimate of drug-likeness (QED) is 0.172. The highest BCUT2D eigenvalue weighted by Gasteiger charge is 2.39. The molecule has 0 aliphatic carbocycles. The zero-order chi connectivity index (χ0) is 24.4. The molecule has 0 aromatic heterocycles. The van der Waals surface area contributed by atoms with E-state index in [1.54, 1.807) is 6.08 Å². The van der Waals surface area contributed by atoms with E-state index in [9.17, 15) is 9.59 Å². The molecule has 0 saturated heterocycles. The topological polar surface area (TPSA) is 61.8 Å². The molecule has 5 heteroatoms. The van der Waals surface area contributed by atoms with Gasteiger partial charge in [0, 0.05) is 12.5 Å². The second-order valence-corrected chi connectivity index (χ2v) is 7.84. The maximum atomic E-state index is 12.3. The third-order valence-corrected chi connectivity index (χ3v) is 5.95. The predicted octanol–water partition coefficient (Wildman–Crippen LogP) is 5.15. The number of ether oxygens (including phenoxy) is 3. The van der Waals surface area contributed by atoms with Crippen molar-refractivity contribution >= 4 is 11.9 Å². The zero-order valence-electron chi connectivity index (χ0n) is 19.6. The first-order valence-electron chi connectivity index (χ1n) is 11.2. The second-order valence-electron chi connectivity index (χ2n) is 7.84. The van der Waals surface area contributed by atoms with E-state index < -0.39 is 29.4 Å². The van der Waals surface area contributed by atoms with Crippen molar-refractivity contribution in [2.75, 3.05) is 20.8 Å². The van der Waals surface area contributed by atoms with Gasteiger partial charge in [0.25, 0.3) is 0 Å². The molecule has 176 valence electrons. The molecule has 5 nitrogen and oxygen atoms in total. The molecule has 0 radical (unpaired) electrons. The lowest BCUT2D eigenvalue weighted by Gasteiger charge is -2.36. The standard InChI is InChI=1S/C29H30O5/c1-4-22(26(27(30)32-2)28(31)33-3)20-21-34-29(23-14-8-5-9-15-23,24-16-10-6-11-17-24)25-18-12-7-13-19-25/h4-19,22,26H,1,20-21H2,2-3H3/t22-/m0/s1. The lowest BCUT2D eigenvalue weighted by molar-refractivity contribution is -0.161. The number of hydrogen-bond acceptors (Lipinski definition) is 5. The summed E-state index contributed by atoms with van der Waals surface area (Å²) in [6, 6.07) is 30.0. The van der Waals surface area contributed by atoms with Gasteiger partial charge in [-0.1, -0.05) is 97.1 Å². The van der Waals surface area contributed by atoms with Gasteiger partial charge in [0.1, 0.15) is 5.60 Å². The van der Waals surface area contributed by atoms with Gasteiger partial charge in [-0.2, -0.15) is 0 Å². The van der Waals surface area contributed by atoms with Gasteiger partial charge in [0.05, 0.1) is 14.2 Å². The smallest absolute Gasteiger partial charge is 0.320 e. The molecule has 0 fully saturated rings. The van der Waals surface area contributed by atoms with E-state index in [4.69, 9.17) is 14.2 Å². The van der Waals surface area contributed by atoms with E-state index in [0.29, 0.717) is 6.42 Å². The molecule has 0 bridgehead atoms. The van der Waals surface area contributed by atoms with Crippen LogP contribution in [-0.4, -0.2) is 32.8 Å². The second kappa shape index (κ2) is 12.0. The van der Waals surface area contributed by atoms with Crippen molar-refractivity contribution < 1.29 is 23.8 Å². The number of carbonyl (C=O) groups excluding carboxylic acids is 2. The number of carbonyl (C=O) groups is 2. The molecule has 3 rings (SSSR count). The highest BCUT2D eigenvalue weighted by atomic mass is 16.5. The Hall–Kier alpha value is -3.70. The number of benzene rings is 3. The molecule has 0 spiro atoms. The van der Waals surface area contributed by atoms with Gasteiger partial charge < -0.3 is 14.2 Å². The molecule has 0 N–H and O–H groups in total. The van der Waals surface area contributed by atoms with Gasteiger partial charge in [-0.15, -0.1) is 6.58 Å². The molecule has 0 heterocycles. The minimum absolute atomic E-state index is 0.250. The Morgan fingerprint density at radius 1 is 0.765 bits per heavy atom. The minimum atomic E-state index is -1.10. The third-order valence-electron chi connectivity index (χ3n) is 5.95. The Morgan fingerprint density at radius 3 is 1.47 bits per heavy atom. The van der Waals surface area contributed by atoms with Gasteiger partial charge in [-0.05, 0) is 23.1 Å². The fraction of sp³-hybridized carbons (Fsp3) is 0.241. The highest BCUT2D eigenvalue weighted by molar-refractivity contribution is 5.95. The number of rotatable bonds is 11. The molecule has 0 amide bonds. The Kier molecular flexibility index (Phi) is 8.77. The molecule has 3 aromatic carbocycles. The van der Waals surface area contributed by atoms with Crippen molar-refractivity contribution in [3.05, 3.63) is 120 Å². The van der Waals surface area contributed by atoms with E-state index in [1.807, 2.05) is 91.0 Å². The average molecular weight is 459 g/mol. The van der Waals surface area contributed by atoms with Crippen molar-refractivity contribution in [2.45, 2.75) is 12.0 Å². The van der Waals surface area contributed by atoms with Crippen LogP contribution in [0.4, 0.5) is 0 Å². The first-order chi connectivity index (χ1) is 16.6. The molecular formula is C29H30O5. The minimum Gasteiger partial charge on any atom is -0.468 e. The van der Waals surface area contributed by atoms with Crippen LogP contribution in [0.3, 0.4) is 0 Å². The molecule has 1 atom stereocenters. The summed E-state index contributed by atoms with van der Waals surface area (Å²) in [4.78, 5) is 24.7. The zero-order valence-corrected chi connectivity index (χ0v) is 19.6. The van der Waals surface area contributed by atoms with Gasteiger partial charge >= 0.3 is 11.9 Å². The monoisotopic (exact) mass is 458 g/mol. The van der Waals surface area contributed by atoms with Crippen LogP contribution < -0.4 is 0 Å². The number of hydrogen-bond donors (Lipinski definition) is 0. The number of methoxy groups -OCH3 is 2.